The average molecular weight is 426 g/mol. The number of nitrogens with zero attached hydrogens (tertiary/aromatic N) is 1. The molecule has 0 bridgehead atoms. The summed E-state index contributed by atoms with van der Waals surface area (Å²) in [7, 11) is -1.83. The van der Waals surface area contributed by atoms with E-state index in [1.807, 2.05) is 0 Å². The smallest absolute Gasteiger partial charge is 0.423 e. The van der Waals surface area contributed by atoms with Gasteiger partial charge in [0.05, 0.1) is 18.3 Å². The van der Waals surface area contributed by atoms with Crippen LogP contribution < -0.4 is 33.3 Å². The van der Waals surface area contributed by atoms with Crippen molar-refractivity contribution in [1.82, 2.24) is 10.2 Å². The van der Waals surface area contributed by atoms with Gasteiger partial charge in [0.2, 0.25) is 17.7 Å². The zero-order chi connectivity index (χ0) is 22.7. The zero-order valence-electron chi connectivity index (χ0n) is 16.5. The van der Waals surface area contributed by atoms with Gasteiger partial charge >= 0.3 is 7.12 Å². The first-order valence-corrected chi connectivity index (χ1v) is 9.36. The Morgan fingerprint density at radius 1 is 1.17 bits per heavy atom. The highest BCUT2D eigenvalue weighted by molar-refractivity contribution is 6.58. The van der Waals surface area contributed by atoms with Crippen molar-refractivity contribution < 1.29 is 28.8 Å². The Bertz CT molecular complexity index is 733. The molecule has 0 aromatic heterocycles. The van der Waals surface area contributed by atoms with Crippen LogP contribution in [-0.2, 0) is 14.4 Å². The summed E-state index contributed by atoms with van der Waals surface area (Å²) in [6.45, 7) is 0.784. The van der Waals surface area contributed by atoms with Crippen molar-refractivity contribution in [2.24, 2.45) is 17.2 Å². The molecule has 0 radical (unpaired) electrons. The van der Waals surface area contributed by atoms with Gasteiger partial charge in [-0.25, -0.2) is 4.39 Å². The van der Waals surface area contributed by atoms with Crippen LogP contribution in [0.1, 0.15) is 12.8 Å². The number of carbonyl (C=O) groups is 3. The molecule has 0 heterocycles. The van der Waals surface area contributed by atoms with E-state index in [0.29, 0.717) is 13.1 Å². The lowest BCUT2D eigenvalue weighted by Crippen LogP contribution is -2.45. The number of carbonyl (C=O) groups excluding carboxylic acids is 3. The first-order chi connectivity index (χ1) is 14.2. The minimum absolute atomic E-state index is 0.0132. The van der Waals surface area contributed by atoms with Crippen LogP contribution in [0, 0.1) is 5.82 Å². The third-order valence-electron chi connectivity index (χ3n) is 4.14. The summed E-state index contributed by atoms with van der Waals surface area (Å²) in [5, 5.41) is 22.7. The van der Waals surface area contributed by atoms with Gasteiger partial charge in [0.25, 0.3) is 0 Å². The molecule has 13 heteroatoms. The lowest BCUT2D eigenvalue weighted by molar-refractivity contribution is -0.131. The van der Waals surface area contributed by atoms with E-state index in [-0.39, 0.29) is 43.0 Å². The number of rotatable bonds is 12. The van der Waals surface area contributed by atoms with Gasteiger partial charge in [-0.1, -0.05) is 6.07 Å². The van der Waals surface area contributed by atoms with E-state index < -0.39 is 37.3 Å². The topological polar surface area (TPSA) is 197 Å². The van der Waals surface area contributed by atoms with Crippen LogP contribution in [0.4, 0.5) is 10.1 Å². The lowest BCUT2D eigenvalue weighted by atomic mass is 9.80. The molecule has 11 nitrogen and oxygen atoms in total. The minimum atomic E-state index is -1.83. The highest BCUT2D eigenvalue weighted by Gasteiger charge is 2.19. The second kappa shape index (κ2) is 12.9. The molecule has 0 aliphatic rings. The van der Waals surface area contributed by atoms with Crippen molar-refractivity contribution >= 4 is 36.0 Å². The molecule has 166 valence electrons. The van der Waals surface area contributed by atoms with E-state index in [0.717, 1.165) is 18.2 Å². The number of halogens is 1. The zero-order valence-corrected chi connectivity index (χ0v) is 16.5. The monoisotopic (exact) mass is 426 g/mol. The molecule has 0 aliphatic carbocycles. The fourth-order valence-corrected chi connectivity index (χ4v) is 2.53. The molecular weight excluding hydrogens is 398 g/mol. The van der Waals surface area contributed by atoms with Crippen molar-refractivity contribution in [3.05, 3.63) is 24.0 Å². The maximum Gasteiger partial charge on any atom is 0.488 e. The quantitative estimate of drug-likeness (QED) is 0.166. The standard InChI is InChI=1S/C17H28BFN6O5/c19-12-2-1-11(18(29)30)9-14(12)24-15(26)10-23-17(28)13(22)3-4-16(27)25(7-5-20)8-6-21/h1-2,9,13,29-30H,3-8,10,20-22H2,(H,23,28)(H,24,26). The Labute approximate surface area is 173 Å². The number of amides is 3. The average Bonchev–Trinajstić information content (AvgIpc) is 2.71. The first kappa shape index (κ1) is 25.5. The summed E-state index contributed by atoms with van der Waals surface area (Å²) in [6, 6.07) is 2.16. The minimum Gasteiger partial charge on any atom is -0.423 e. The molecule has 10 N–H and O–H groups in total. The highest BCUT2D eigenvalue weighted by atomic mass is 19.1. The van der Waals surface area contributed by atoms with E-state index in [9.17, 15) is 18.8 Å². The van der Waals surface area contributed by atoms with Gasteiger partial charge < -0.3 is 42.8 Å². The summed E-state index contributed by atoms with van der Waals surface area (Å²) >= 11 is 0. The summed E-state index contributed by atoms with van der Waals surface area (Å²) in [5.74, 6) is -2.41. The summed E-state index contributed by atoms with van der Waals surface area (Å²) in [4.78, 5) is 37.6. The molecule has 0 saturated carbocycles. The summed E-state index contributed by atoms with van der Waals surface area (Å²) in [5.41, 5.74) is 16.4. The predicted molar refractivity (Wildman–Crippen MR) is 110 cm³/mol. The number of benzene rings is 1. The Morgan fingerprint density at radius 2 is 1.80 bits per heavy atom. The van der Waals surface area contributed by atoms with Crippen molar-refractivity contribution in [3.8, 4) is 0 Å². The number of hydrogen-bond acceptors (Lipinski definition) is 8. The maximum atomic E-state index is 13.7. The van der Waals surface area contributed by atoms with Crippen LogP contribution in [0.3, 0.4) is 0 Å². The van der Waals surface area contributed by atoms with Crippen LogP contribution >= 0.6 is 0 Å². The van der Waals surface area contributed by atoms with E-state index in [1.165, 1.54) is 4.90 Å². The van der Waals surface area contributed by atoms with Crippen LogP contribution in [0.25, 0.3) is 0 Å². The Hall–Kier alpha value is -2.58. The van der Waals surface area contributed by atoms with Crippen molar-refractivity contribution in [2.75, 3.05) is 38.0 Å². The third kappa shape index (κ3) is 8.43. The second-order valence-corrected chi connectivity index (χ2v) is 6.48. The van der Waals surface area contributed by atoms with Crippen LogP contribution in [0.15, 0.2) is 18.2 Å². The number of anilines is 1. The van der Waals surface area contributed by atoms with Gasteiger partial charge in [-0.05, 0) is 24.0 Å². The molecule has 3 amide bonds. The third-order valence-corrected chi connectivity index (χ3v) is 4.14. The van der Waals surface area contributed by atoms with Crippen molar-refractivity contribution in [2.45, 2.75) is 18.9 Å². The fourth-order valence-electron chi connectivity index (χ4n) is 2.53. The molecule has 1 unspecified atom stereocenters. The number of nitrogens with two attached hydrogens (primary N) is 3. The van der Waals surface area contributed by atoms with Gasteiger partial charge in [0.15, 0.2) is 0 Å². The molecule has 1 atom stereocenters. The predicted octanol–water partition coefficient (Wildman–Crippen LogP) is -3.59. The lowest BCUT2D eigenvalue weighted by Gasteiger charge is -2.22. The van der Waals surface area contributed by atoms with Crippen LogP contribution in [-0.4, -0.2) is 78.6 Å². The summed E-state index contributed by atoms with van der Waals surface area (Å²) < 4.78 is 13.7. The molecule has 1 aromatic carbocycles. The van der Waals surface area contributed by atoms with E-state index >= 15 is 0 Å². The van der Waals surface area contributed by atoms with Gasteiger partial charge in [-0.15, -0.1) is 0 Å². The van der Waals surface area contributed by atoms with Crippen molar-refractivity contribution in [3.63, 3.8) is 0 Å². The van der Waals surface area contributed by atoms with Gasteiger partial charge in [0.1, 0.15) is 5.82 Å². The van der Waals surface area contributed by atoms with Crippen LogP contribution in [0.5, 0.6) is 0 Å². The summed E-state index contributed by atoms with van der Waals surface area (Å²) in [6.07, 6.45) is 0.0747. The van der Waals surface area contributed by atoms with Crippen LogP contribution in [0.2, 0.25) is 0 Å². The first-order valence-electron chi connectivity index (χ1n) is 9.36. The largest absolute Gasteiger partial charge is 0.488 e. The molecule has 30 heavy (non-hydrogen) atoms. The number of nitrogens with one attached hydrogen (secondary N) is 2. The molecule has 0 aliphatic heterocycles. The van der Waals surface area contributed by atoms with Gasteiger partial charge in [-0.3, -0.25) is 14.4 Å². The van der Waals surface area contributed by atoms with Gasteiger partial charge in [-0.2, -0.15) is 0 Å². The van der Waals surface area contributed by atoms with Crippen molar-refractivity contribution in [1.29, 1.82) is 0 Å². The Balaban J connectivity index is 2.48. The number of hydrogen-bond donors (Lipinski definition) is 7. The molecule has 1 rings (SSSR count). The molecule has 0 saturated heterocycles. The molecular formula is C17H28BFN6O5. The molecule has 0 fully saturated rings. The Kier molecular flexibility index (Phi) is 10.9. The van der Waals surface area contributed by atoms with Gasteiger partial charge in [0, 0.05) is 32.6 Å². The van der Waals surface area contributed by atoms with E-state index in [1.54, 1.807) is 0 Å². The van der Waals surface area contributed by atoms with E-state index in [2.05, 4.69) is 10.6 Å². The van der Waals surface area contributed by atoms with E-state index in [4.69, 9.17) is 27.2 Å². The Morgan fingerprint density at radius 3 is 2.37 bits per heavy atom. The normalized spacial score (nSPS) is 11.5. The SMILES string of the molecule is NCCN(CCN)C(=O)CCC(N)C(=O)NCC(=O)Nc1cc(B(O)O)ccc1F. The highest BCUT2D eigenvalue weighted by Crippen LogP contribution is 2.11. The molecule has 1 aromatic rings. The fraction of sp³-hybridized carbons (Fsp3) is 0.471. The maximum absolute atomic E-state index is 13.7. The second-order valence-electron chi connectivity index (χ2n) is 6.48. The molecule has 0 spiro atoms.